The number of furan rings is 1. The minimum atomic E-state index is -0.181. The number of aliphatic hydroxyl groups is 1. The van der Waals surface area contributed by atoms with Gasteiger partial charge in [0.2, 0.25) is 0 Å². The second-order valence-corrected chi connectivity index (χ2v) is 3.02. The molecule has 0 fully saturated rings. The fraction of sp³-hybridized carbons (Fsp3) is 0.500. The number of nitrogens with one attached hydrogen (secondary N) is 1. The van der Waals surface area contributed by atoms with E-state index in [4.69, 9.17) is 9.52 Å². The molecule has 1 rings (SSSR count). The van der Waals surface area contributed by atoms with Gasteiger partial charge in [-0.3, -0.25) is 4.79 Å². The van der Waals surface area contributed by atoms with Gasteiger partial charge in [-0.25, -0.2) is 0 Å². The summed E-state index contributed by atoms with van der Waals surface area (Å²) in [6.45, 7) is 0.839. The van der Waals surface area contributed by atoms with E-state index in [-0.39, 0.29) is 12.5 Å². The Balaban J connectivity index is 2.10. The summed E-state index contributed by atoms with van der Waals surface area (Å²) in [5.41, 5.74) is 0. The van der Waals surface area contributed by atoms with Crippen LogP contribution < -0.4 is 5.32 Å². The Morgan fingerprint density at radius 3 is 2.93 bits per heavy atom. The van der Waals surface area contributed by atoms with Gasteiger partial charge in [-0.05, 0) is 31.4 Å². The molecule has 0 aliphatic heterocycles. The van der Waals surface area contributed by atoms with Gasteiger partial charge in [-0.2, -0.15) is 0 Å². The second-order valence-electron chi connectivity index (χ2n) is 3.02. The topological polar surface area (TPSA) is 62.5 Å². The van der Waals surface area contributed by atoms with E-state index in [0.717, 1.165) is 19.3 Å². The summed E-state index contributed by atoms with van der Waals surface area (Å²) in [4.78, 5) is 11.3. The predicted molar refractivity (Wildman–Crippen MR) is 52.0 cm³/mol. The molecule has 0 saturated heterocycles. The summed E-state index contributed by atoms with van der Waals surface area (Å²) in [7, 11) is 0. The monoisotopic (exact) mass is 197 g/mol. The first kappa shape index (κ1) is 10.8. The van der Waals surface area contributed by atoms with Crippen molar-refractivity contribution in [3.05, 3.63) is 24.2 Å². The lowest BCUT2D eigenvalue weighted by atomic mass is 10.2. The van der Waals surface area contributed by atoms with Crippen LogP contribution in [0, 0.1) is 0 Å². The predicted octanol–water partition coefficient (Wildman–Crippen LogP) is 1.17. The molecule has 2 N–H and O–H groups in total. The van der Waals surface area contributed by atoms with Crippen molar-refractivity contribution in [3.63, 3.8) is 0 Å². The van der Waals surface area contributed by atoms with Crippen LogP contribution in [0.2, 0.25) is 0 Å². The first-order chi connectivity index (χ1) is 6.84. The van der Waals surface area contributed by atoms with Crippen LogP contribution in [0.5, 0.6) is 0 Å². The average molecular weight is 197 g/mol. The van der Waals surface area contributed by atoms with Crippen LogP contribution in [0.25, 0.3) is 0 Å². The molecule has 1 aromatic heterocycles. The van der Waals surface area contributed by atoms with Crippen LogP contribution in [-0.4, -0.2) is 24.2 Å². The highest BCUT2D eigenvalue weighted by molar-refractivity contribution is 5.91. The zero-order chi connectivity index (χ0) is 10.2. The largest absolute Gasteiger partial charge is 0.459 e. The Hall–Kier alpha value is -1.29. The van der Waals surface area contributed by atoms with Crippen LogP contribution in [0.3, 0.4) is 0 Å². The number of unbranched alkanes of at least 4 members (excludes halogenated alkanes) is 2. The molecule has 1 heterocycles. The van der Waals surface area contributed by atoms with E-state index < -0.39 is 0 Å². The molecule has 0 atom stereocenters. The molecule has 0 aliphatic carbocycles. The highest BCUT2D eigenvalue weighted by atomic mass is 16.3. The van der Waals surface area contributed by atoms with Gasteiger partial charge >= 0.3 is 0 Å². The number of aliphatic hydroxyl groups excluding tert-OH is 1. The summed E-state index contributed by atoms with van der Waals surface area (Å²) >= 11 is 0. The Bertz CT molecular complexity index is 256. The van der Waals surface area contributed by atoms with Crippen molar-refractivity contribution in [2.45, 2.75) is 19.3 Å². The molecule has 14 heavy (non-hydrogen) atoms. The standard InChI is InChI=1S/C10H15NO3/c12-7-3-1-2-6-11-10(13)9-5-4-8-14-9/h4-5,8,12H,1-3,6-7H2,(H,11,13). The third-order valence-electron chi connectivity index (χ3n) is 1.87. The number of amides is 1. The number of rotatable bonds is 6. The normalized spacial score (nSPS) is 10.1. The molecule has 0 aliphatic rings. The van der Waals surface area contributed by atoms with Crippen molar-refractivity contribution >= 4 is 5.91 Å². The molecule has 1 amide bonds. The van der Waals surface area contributed by atoms with E-state index in [1.165, 1.54) is 6.26 Å². The van der Waals surface area contributed by atoms with Gasteiger partial charge in [0.1, 0.15) is 0 Å². The quantitative estimate of drug-likeness (QED) is 0.673. The maximum absolute atomic E-state index is 11.3. The maximum Gasteiger partial charge on any atom is 0.286 e. The molecule has 4 heteroatoms. The fourth-order valence-corrected chi connectivity index (χ4v) is 1.11. The summed E-state index contributed by atoms with van der Waals surface area (Å²) in [6, 6.07) is 3.31. The first-order valence-corrected chi connectivity index (χ1v) is 4.77. The van der Waals surface area contributed by atoms with E-state index in [2.05, 4.69) is 5.32 Å². The van der Waals surface area contributed by atoms with E-state index in [9.17, 15) is 4.79 Å². The average Bonchev–Trinajstić information content (AvgIpc) is 2.70. The lowest BCUT2D eigenvalue weighted by Crippen LogP contribution is -2.23. The highest BCUT2D eigenvalue weighted by Gasteiger charge is 2.05. The Labute approximate surface area is 82.9 Å². The van der Waals surface area contributed by atoms with Crippen molar-refractivity contribution < 1.29 is 14.3 Å². The van der Waals surface area contributed by atoms with Crippen LogP contribution in [0.4, 0.5) is 0 Å². The molecule has 0 unspecified atom stereocenters. The molecule has 4 nitrogen and oxygen atoms in total. The molecule has 0 bridgehead atoms. The van der Waals surface area contributed by atoms with Crippen molar-refractivity contribution in [2.75, 3.05) is 13.2 Å². The van der Waals surface area contributed by atoms with Gasteiger partial charge in [-0.15, -0.1) is 0 Å². The summed E-state index contributed by atoms with van der Waals surface area (Å²) in [5, 5.41) is 11.3. The lowest BCUT2D eigenvalue weighted by molar-refractivity contribution is 0.0925. The minimum absolute atomic E-state index is 0.181. The zero-order valence-corrected chi connectivity index (χ0v) is 8.03. The van der Waals surface area contributed by atoms with Gasteiger partial charge in [-0.1, -0.05) is 0 Å². The Morgan fingerprint density at radius 1 is 1.43 bits per heavy atom. The lowest BCUT2D eigenvalue weighted by Gasteiger charge is -2.01. The number of carbonyl (C=O) groups is 1. The molecular formula is C10H15NO3. The van der Waals surface area contributed by atoms with Crippen molar-refractivity contribution in [1.82, 2.24) is 5.32 Å². The minimum Gasteiger partial charge on any atom is -0.459 e. The van der Waals surface area contributed by atoms with Crippen molar-refractivity contribution in [1.29, 1.82) is 0 Å². The molecule has 0 radical (unpaired) electrons. The van der Waals surface area contributed by atoms with Crippen molar-refractivity contribution in [2.24, 2.45) is 0 Å². The molecule has 0 aromatic carbocycles. The van der Waals surface area contributed by atoms with E-state index in [1.54, 1.807) is 12.1 Å². The van der Waals surface area contributed by atoms with Gasteiger partial charge in [0.05, 0.1) is 6.26 Å². The van der Waals surface area contributed by atoms with Gasteiger partial charge in [0, 0.05) is 13.2 Å². The zero-order valence-electron chi connectivity index (χ0n) is 8.03. The first-order valence-electron chi connectivity index (χ1n) is 4.77. The maximum atomic E-state index is 11.3. The number of hydrogen-bond acceptors (Lipinski definition) is 3. The van der Waals surface area contributed by atoms with E-state index in [1.807, 2.05) is 0 Å². The van der Waals surface area contributed by atoms with E-state index in [0.29, 0.717) is 12.3 Å². The fourth-order valence-electron chi connectivity index (χ4n) is 1.11. The molecule has 1 aromatic rings. The molecular weight excluding hydrogens is 182 g/mol. The van der Waals surface area contributed by atoms with Crippen LogP contribution >= 0.6 is 0 Å². The molecule has 0 spiro atoms. The third-order valence-corrected chi connectivity index (χ3v) is 1.87. The number of hydrogen-bond donors (Lipinski definition) is 2. The number of carbonyl (C=O) groups excluding carboxylic acids is 1. The van der Waals surface area contributed by atoms with Gasteiger partial charge in [0.25, 0.3) is 5.91 Å². The summed E-state index contributed by atoms with van der Waals surface area (Å²) in [5.74, 6) is 0.158. The van der Waals surface area contributed by atoms with Crippen LogP contribution in [0.15, 0.2) is 22.8 Å². The molecule has 0 saturated carbocycles. The van der Waals surface area contributed by atoms with Gasteiger partial charge < -0.3 is 14.8 Å². The van der Waals surface area contributed by atoms with Crippen LogP contribution in [0.1, 0.15) is 29.8 Å². The van der Waals surface area contributed by atoms with Gasteiger partial charge in [0.15, 0.2) is 5.76 Å². The SMILES string of the molecule is O=C(NCCCCCO)c1ccco1. The Kier molecular flexibility index (Phi) is 4.78. The van der Waals surface area contributed by atoms with Crippen molar-refractivity contribution in [3.8, 4) is 0 Å². The third kappa shape index (κ3) is 3.62. The Morgan fingerprint density at radius 2 is 2.29 bits per heavy atom. The summed E-state index contributed by atoms with van der Waals surface area (Å²) < 4.78 is 4.92. The second kappa shape index (κ2) is 6.21. The summed E-state index contributed by atoms with van der Waals surface area (Å²) in [6.07, 6.45) is 4.07. The van der Waals surface area contributed by atoms with E-state index >= 15 is 0 Å². The van der Waals surface area contributed by atoms with Crippen LogP contribution in [-0.2, 0) is 0 Å². The highest BCUT2D eigenvalue weighted by Crippen LogP contribution is 1.99. The molecule has 78 valence electrons. The smallest absolute Gasteiger partial charge is 0.286 e.